The molecule has 2 atom stereocenters. The molecule has 1 aliphatic carbocycles. The summed E-state index contributed by atoms with van der Waals surface area (Å²) in [6.45, 7) is 2.28. The van der Waals surface area contributed by atoms with Gasteiger partial charge in [-0.1, -0.05) is 28.9 Å². The Morgan fingerprint density at radius 2 is 2.17 bits per heavy atom. The molecule has 1 aromatic heterocycles. The molecule has 4 heteroatoms. The van der Waals surface area contributed by atoms with Gasteiger partial charge < -0.3 is 4.42 Å². The van der Waals surface area contributed by atoms with Gasteiger partial charge in [-0.3, -0.25) is 4.57 Å². The molecule has 18 heavy (non-hydrogen) atoms. The zero-order valence-electron chi connectivity index (χ0n) is 10.5. The summed E-state index contributed by atoms with van der Waals surface area (Å²) in [5.41, 5.74) is 2.71. The summed E-state index contributed by atoms with van der Waals surface area (Å²) in [6, 6.07) is 6.02. The maximum Gasteiger partial charge on any atom is 0.419 e. The Labute approximate surface area is 114 Å². The van der Waals surface area contributed by atoms with Crippen LogP contribution < -0.4 is 5.76 Å². The third kappa shape index (κ3) is 1.92. The first kappa shape index (κ1) is 12.0. The molecule has 1 aromatic carbocycles. The molecule has 0 bridgehead atoms. The molecule has 1 aliphatic rings. The van der Waals surface area contributed by atoms with Crippen LogP contribution in [0.2, 0.25) is 0 Å². The van der Waals surface area contributed by atoms with Gasteiger partial charge in [-0.05, 0) is 42.4 Å². The van der Waals surface area contributed by atoms with Gasteiger partial charge in [-0.15, -0.1) is 0 Å². The fourth-order valence-corrected chi connectivity index (χ4v) is 3.20. The number of rotatable bonds is 3. The highest BCUT2D eigenvalue weighted by Crippen LogP contribution is 2.46. The SMILES string of the molecule is CC(C1CC1)C(Br)c1ccc2c(c1)oc(=O)n2C. The van der Waals surface area contributed by atoms with Crippen LogP contribution in [0.25, 0.3) is 11.1 Å². The van der Waals surface area contributed by atoms with E-state index in [1.165, 1.54) is 23.0 Å². The Hall–Kier alpha value is -1.03. The molecule has 0 aliphatic heterocycles. The molecule has 2 unspecified atom stereocenters. The smallest absolute Gasteiger partial charge is 0.408 e. The van der Waals surface area contributed by atoms with Crippen molar-refractivity contribution in [1.29, 1.82) is 0 Å². The minimum absolute atomic E-state index is 0.302. The number of oxazole rings is 1. The van der Waals surface area contributed by atoms with E-state index in [1.807, 2.05) is 12.1 Å². The minimum Gasteiger partial charge on any atom is -0.408 e. The monoisotopic (exact) mass is 309 g/mol. The van der Waals surface area contributed by atoms with Crippen LogP contribution in [0.15, 0.2) is 27.4 Å². The third-order valence-electron chi connectivity index (χ3n) is 3.96. The second-order valence-corrected chi connectivity index (χ2v) is 6.24. The predicted octanol–water partition coefficient (Wildman–Crippen LogP) is 3.61. The molecule has 1 heterocycles. The standard InChI is InChI=1S/C14H16BrNO2/c1-8(9-3-4-9)13(15)10-5-6-11-12(7-10)18-14(17)16(11)2/h5-9,13H,3-4H2,1-2H3. The zero-order chi connectivity index (χ0) is 12.9. The van der Waals surface area contributed by atoms with Crippen molar-refractivity contribution in [3.8, 4) is 0 Å². The van der Waals surface area contributed by atoms with Gasteiger partial charge in [0.25, 0.3) is 0 Å². The van der Waals surface area contributed by atoms with E-state index in [-0.39, 0.29) is 5.76 Å². The van der Waals surface area contributed by atoms with Crippen molar-refractivity contribution in [2.24, 2.45) is 18.9 Å². The summed E-state index contributed by atoms with van der Waals surface area (Å²) in [7, 11) is 1.73. The van der Waals surface area contributed by atoms with Crippen LogP contribution >= 0.6 is 15.9 Å². The van der Waals surface area contributed by atoms with Crippen molar-refractivity contribution in [3.63, 3.8) is 0 Å². The number of benzene rings is 1. The minimum atomic E-state index is -0.302. The lowest BCUT2D eigenvalue weighted by Gasteiger charge is -2.18. The van der Waals surface area contributed by atoms with Gasteiger partial charge >= 0.3 is 5.76 Å². The van der Waals surface area contributed by atoms with E-state index in [2.05, 4.69) is 28.9 Å². The average Bonchev–Trinajstić information content (AvgIpc) is 3.16. The van der Waals surface area contributed by atoms with Gasteiger partial charge in [0, 0.05) is 11.9 Å². The number of hydrogen-bond acceptors (Lipinski definition) is 2. The highest BCUT2D eigenvalue weighted by atomic mass is 79.9. The van der Waals surface area contributed by atoms with Gasteiger partial charge in [0.15, 0.2) is 5.58 Å². The largest absolute Gasteiger partial charge is 0.419 e. The number of aromatic nitrogens is 1. The number of alkyl halides is 1. The van der Waals surface area contributed by atoms with Crippen molar-refractivity contribution in [2.45, 2.75) is 24.6 Å². The van der Waals surface area contributed by atoms with Crippen molar-refractivity contribution in [3.05, 3.63) is 34.3 Å². The lowest BCUT2D eigenvalue weighted by Crippen LogP contribution is -2.08. The molecule has 2 aromatic rings. The first-order valence-electron chi connectivity index (χ1n) is 6.31. The van der Waals surface area contributed by atoms with E-state index >= 15 is 0 Å². The summed E-state index contributed by atoms with van der Waals surface area (Å²) in [4.78, 5) is 11.8. The van der Waals surface area contributed by atoms with Crippen LogP contribution in [-0.2, 0) is 7.05 Å². The first-order chi connectivity index (χ1) is 8.58. The Morgan fingerprint density at radius 3 is 2.83 bits per heavy atom. The second-order valence-electron chi connectivity index (χ2n) is 5.25. The Balaban J connectivity index is 1.99. The molecule has 96 valence electrons. The molecule has 0 amide bonds. The van der Waals surface area contributed by atoms with E-state index in [4.69, 9.17) is 4.42 Å². The van der Waals surface area contributed by atoms with Gasteiger partial charge in [0.2, 0.25) is 0 Å². The Kier molecular flexibility index (Phi) is 2.85. The molecule has 3 nitrogen and oxygen atoms in total. The fourth-order valence-electron chi connectivity index (χ4n) is 2.49. The van der Waals surface area contributed by atoms with Gasteiger partial charge in [-0.25, -0.2) is 4.79 Å². The molecule has 0 saturated heterocycles. The summed E-state index contributed by atoms with van der Waals surface area (Å²) in [5, 5.41) is 0. The number of fused-ring (bicyclic) bond motifs is 1. The van der Waals surface area contributed by atoms with E-state index in [0.29, 0.717) is 16.3 Å². The number of nitrogens with zero attached hydrogens (tertiary/aromatic N) is 1. The van der Waals surface area contributed by atoms with Crippen LogP contribution in [0, 0.1) is 11.8 Å². The Morgan fingerprint density at radius 1 is 1.44 bits per heavy atom. The molecule has 1 saturated carbocycles. The molecule has 1 fully saturated rings. The number of aryl methyl sites for hydroxylation is 1. The predicted molar refractivity (Wildman–Crippen MR) is 75.0 cm³/mol. The maximum atomic E-state index is 11.5. The van der Waals surface area contributed by atoms with Gasteiger partial charge in [0.05, 0.1) is 5.52 Å². The van der Waals surface area contributed by atoms with Crippen LogP contribution in [0.1, 0.15) is 30.2 Å². The van der Waals surface area contributed by atoms with Gasteiger partial charge in [-0.2, -0.15) is 0 Å². The topological polar surface area (TPSA) is 35.1 Å². The van der Waals surface area contributed by atoms with E-state index in [1.54, 1.807) is 7.05 Å². The molecular weight excluding hydrogens is 294 g/mol. The van der Waals surface area contributed by atoms with Crippen LogP contribution in [-0.4, -0.2) is 4.57 Å². The summed E-state index contributed by atoms with van der Waals surface area (Å²) >= 11 is 3.78. The first-order valence-corrected chi connectivity index (χ1v) is 7.23. The maximum absolute atomic E-state index is 11.5. The summed E-state index contributed by atoms with van der Waals surface area (Å²) in [5.74, 6) is 1.16. The second kappa shape index (κ2) is 4.26. The van der Waals surface area contributed by atoms with Crippen molar-refractivity contribution in [1.82, 2.24) is 4.57 Å². The van der Waals surface area contributed by atoms with E-state index < -0.39 is 0 Å². The highest BCUT2D eigenvalue weighted by molar-refractivity contribution is 9.09. The van der Waals surface area contributed by atoms with Crippen molar-refractivity contribution in [2.75, 3.05) is 0 Å². The third-order valence-corrected chi connectivity index (χ3v) is 5.32. The molecule has 3 rings (SSSR count). The molecule has 0 spiro atoms. The lowest BCUT2D eigenvalue weighted by atomic mass is 9.96. The van der Waals surface area contributed by atoms with Crippen LogP contribution in [0.4, 0.5) is 0 Å². The summed E-state index contributed by atoms with van der Waals surface area (Å²) in [6.07, 6.45) is 2.68. The van der Waals surface area contributed by atoms with E-state index in [9.17, 15) is 4.79 Å². The van der Waals surface area contributed by atoms with Crippen molar-refractivity contribution >= 4 is 27.0 Å². The van der Waals surface area contributed by atoms with E-state index in [0.717, 1.165) is 11.4 Å². The molecule has 0 N–H and O–H groups in total. The Bertz CT molecular complexity index is 639. The number of halogens is 1. The fraction of sp³-hybridized carbons (Fsp3) is 0.500. The average molecular weight is 310 g/mol. The van der Waals surface area contributed by atoms with Crippen molar-refractivity contribution < 1.29 is 4.42 Å². The molecule has 0 radical (unpaired) electrons. The normalized spacial score (nSPS) is 19.1. The highest BCUT2D eigenvalue weighted by Gasteiger charge is 2.33. The lowest BCUT2D eigenvalue weighted by molar-refractivity contribution is 0.501. The zero-order valence-corrected chi connectivity index (χ0v) is 12.1. The summed E-state index contributed by atoms with van der Waals surface area (Å²) < 4.78 is 6.77. The quantitative estimate of drug-likeness (QED) is 0.812. The van der Waals surface area contributed by atoms with Crippen LogP contribution in [0.3, 0.4) is 0 Å². The number of hydrogen-bond donors (Lipinski definition) is 0. The molecular formula is C14H16BrNO2. The van der Waals surface area contributed by atoms with Gasteiger partial charge in [0.1, 0.15) is 0 Å². The van der Waals surface area contributed by atoms with Crippen LogP contribution in [0.5, 0.6) is 0 Å².